The highest BCUT2D eigenvalue weighted by Crippen LogP contribution is 2.48. The minimum absolute atomic E-state index is 0.0329. The van der Waals surface area contributed by atoms with E-state index in [2.05, 4.69) is 30.1 Å². The SMILES string of the molecule is C[C@H](NP(=O)(OC[C@]1(N=[N+]=[N-])CC[C@H](n2cnc3c(N)ncnc32)O1)Oc1ccccc1)C(=O)OCc1ccccc1. The quantitative estimate of drug-likeness (QED) is 0.0761. The van der Waals surface area contributed by atoms with Gasteiger partial charge < -0.3 is 19.7 Å². The first kappa shape index (κ1) is 29.0. The molecule has 1 fully saturated rings. The Kier molecular flexibility index (Phi) is 8.67. The number of nitrogens with one attached hydrogen (secondary N) is 1. The van der Waals surface area contributed by atoms with Crippen molar-refractivity contribution in [3.63, 3.8) is 0 Å². The second-order valence-electron chi connectivity index (χ2n) is 9.45. The molecule has 1 aliphatic rings. The normalized spacial score (nSPS) is 20.4. The zero-order chi connectivity index (χ0) is 29.6. The van der Waals surface area contributed by atoms with Gasteiger partial charge in [0.25, 0.3) is 0 Å². The average molecular weight is 594 g/mol. The van der Waals surface area contributed by atoms with Crippen molar-refractivity contribution >= 4 is 30.7 Å². The maximum Gasteiger partial charge on any atom is 0.459 e. The van der Waals surface area contributed by atoms with E-state index in [4.69, 9.17) is 24.3 Å². The molecular formula is C26H28N9O6P. The standard InChI is InChI=1S/C26H28N9O6P/c1-18(25(36)38-14-19-8-4-2-5-9-19)32-42(37,41-20-10-6-3-7-11-20)39-15-26(33-34-28)13-12-21(40-26)35-17-31-22-23(27)29-16-30-24(22)35/h2-11,16-18,21H,12-15H2,1H3,(H,32,37)(H2,27,29,30)/t18-,21+,26-,42?/m0/s1. The molecule has 218 valence electrons. The van der Waals surface area contributed by atoms with Crippen LogP contribution in [0.15, 0.2) is 78.4 Å². The number of esters is 1. The van der Waals surface area contributed by atoms with Gasteiger partial charge in [0, 0.05) is 4.91 Å². The highest BCUT2D eigenvalue weighted by atomic mass is 31.2. The molecule has 1 aliphatic heterocycles. The van der Waals surface area contributed by atoms with E-state index in [1.165, 1.54) is 19.6 Å². The van der Waals surface area contributed by atoms with E-state index in [9.17, 15) is 14.9 Å². The van der Waals surface area contributed by atoms with Gasteiger partial charge in [-0.05, 0) is 43.0 Å². The number of carbonyl (C=O) groups is 1. The third-order valence-corrected chi connectivity index (χ3v) is 8.04. The fourth-order valence-corrected chi connectivity index (χ4v) is 5.86. The molecule has 3 N–H and O–H groups in total. The number of para-hydroxylation sites is 1. The number of benzene rings is 2. The van der Waals surface area contributed by atoms with Crippen molar-refractivity contribution in [1.29, 1.82) is 0 Å². The molecule has 0 aliphatic carbocycles. The molecule has 5 rings (SSSR count). The van der Waals surface area contributed by atoms with Gasteiger partial charge in [-0.3, -0.25) is 13.9 Å². The molecule has 2 aromatic heterocycles. The van der Waals surface area contributed by atoms with Crippen LogP contribution in [0.25, 0.3) is 21.6 Å². The number of nitrogens with zero attached hydrogens (tertiary/aromatic N) is 7. The maximum atomic E-state index is 14.0. The predicted octanol–water partition coefficient (Wildman–Crippen LogP) is 4.65. The number of ether oxygens (including phenoxy) is 2. The average Bonchev–Trinajstić information content (AvgIpc) is 3.62. The second kappa shape index (κ2) is 12.6. The lowest BCUT2D eigenvalue weighted by Crippen LogP contribution is -2.37. The molecule has 4 aromatic rings. The van der Waals surface area contributed by atoms with Crippen LogP contribution in [0.4, 0.5) is 5.82 Å². The monoisotopic (exact) mass is 593 g/mol. The van der Waals surface area contributed by atoms with Crippen LogP contribution in [0.3, 0.4) is 0 Å². The summed E-state index contributed by atoms with van der Waals surface area (Å²) in [7, 11) is -4.26. The Morgan fingerprint density at radius 3 is 2.71 bits per heavy atom. The van der Waals surface area contributed by atoms with Crippen molar-refractivity contribution in [1.82, 2.24) is 24.6 Å². The van der Waals surface area contributed by atoms with Crippen LogP contribution in [0.1, 0.15) is 31.6 Å². The number of hydrogen-bond donors (Lipinski definition) is 2. The Balaban J connectivity index is 1.31. The maximum absolute atomic E-state index is 14.0. The highest BCUT2D eigenvalue weighted by molar-refractivity contribution is 7.52. The van der Waals surface area contributed by atoms with Gasteiger partial charge in [0.1, 0.15) is 36.5 Å². The topological polar surface area (TPSA) is 201 Å². The molecule has 15 nitrogen and oxygen atoms in total. The van der Waals surface area contributed by atoms with Crippen LogP contribution in [-0.4, -0.2) is 43.9 Å². The van der Waals surface area contributed by atoms with Crippen molar-refractivity contribution in [3.05, 3.63) is 89.3 Å². The molecule has 0 spiro atoms. The zero-order valence-electron chi connectivity index (χ0n) is 22.5. The first-order valence-corrected chi connectivity index (χ1v) is 14.5. The fourth-order valence-electron chi connectivity index (χ4n) is 4.33. The van der Waals surface area contributed by atoms with E-state index >= 15 is 0 Å². The smallest absolute Gasteiger partial charge is 0.459 e. The number of rotatable bonds is 12. The number of nitrogens with two attached hydrogens (primary N) is 1. The third kappa shape index (κ3) is 6.68. The summed E-state index contributed by atoms with van der Waals surface area (Å²) >= 11 is 0. The van der Waals surface area contributed by atoms with Gasteiger partial charge in [0.2, 0.25) is 0 Å². The van der Waals surface area contributed by atoms with E-state index < -0.39 is 38.3 Å². The van der Waals surface area contributed by atoms with E-state index in [1.54, 1.807) is 34.9 Å². The number of hydrogen-bond acceptors (Lipinski definition) is 11. The summed E-state index contributed by atoms with van der Waals surface area (Å²) in [5, 5.41) is 6.48. The Morgan fingerprint density at radius 1 is 1.24 bits per heavy atom. The van der Waals surface area contributed by atoms with E-state index in [1.807, 2.05) is 30.3 Å². The molecule has 0 radical (unpaired) electrons. The molecular weight excluding hydrogens is 565 g/mol. The molecule has 2 aromatic carbocycles. The second-order valence-corrected chi connectivity index (χ2v) is 11.1. The summed E-state index contributed by atoms with van der Waals surface area (Å²) in [6.45, 7) is 1.05. The first-order valence-electron chi connectivity index (χ1n) is 12.9. The van der Waals surface area contributed by atoms with Crippen molar-refractivity contribution in [2.24, 2.45) is 5.11 Å². The number of azide groups is 1. The molecule has 0 saturated carbocycles. The Morgan fingerprint density at radius 2 is 1.98 bits per heavy atom. The van der Waals surface area contributed by atoms with Gasteiger partial charge in [-0.2, -0.15) is 5.09 Å². The van der Waals surface area contributed by atoms with Gasteiger partial charge in [-0.1, -0.05) is 53.6 Å². The minimum atomic E-state index is -4.26. The number of carbonyl (C=O) groups excluding carboxylic acids is 1. The van der Waals surface area contributed by atoms with Crippen LogP contribution in [0, 0.1) is 0 Å². The number of aromatic nitrogens is 4. The van der Waals surface area contributed by atoms with Crippen LogP contribution < -0.4 is 15.3 Å². The molecule has 4 atom stereocenters. The van der Waals surface area contributed by atoms with Gasteiger partial charge in [-0.25, -0.2) is 19.5 Å². The molecule has 16 heteroatoms. The van der Waals surface area contributed by atoms with Gasteiger partial charge in [0.05, 0.1) is 12.9 Å². The van der Waals surface area contributed by atoms with Crippen LogP contribution in [0.5, 0.6) is 5.75 Å². The fraction of sp³-hybridized carbons (Fsp3) is 0.308. The number of imidazole rings is 1. The molecule has 3 heterocycles. The van der Waals surface area contributed by atoms with Crippen molar-refractivity contribution in [3.8, 4) is 5.75 Å². The summed E-state index contributed by atoms with van der Waals surface area (Å²) in [5.41, 5.74) is 15.3. The van der Waals surface area contributed by atoms with Crippen LogP contribution >= 0.6 is 7.75 Å². The first-order chi connectivity index (χ1) is 20.3. The zero-order valence-corrected chi connectivity index (χ0v) is 23.4. The lowest BCUT2D eigenvalue weighted by molar-refractivity contribution is -0.146. The van der Waals surface area contributed by atoms with Crippen LogP contribution in [-0.2, 0) is 30.0 Å². The largest absolute Gasteiger partial charge is 0.460 e. The van der Waals surface area contributed by atoms with E-state index in [0.29, 0.717) is 17.6 Å². The lowest BCUT2D eigenvalue weighted by atomic mass is 10.1. The van der Waals surface area contributed by atoms with Crippen molar-refractivity contribution in [2.45, 2.75) is 44.4 Å². The lowest BCUT2D eigenvalue weighted by Gasteiger charge is -2.28. The summed E-state index contributed by atoms with van der Waals surface area (Å²) < 4.78 is 38.7. The Hall–Kier alpha value is -4.52. The van der Waals surface area contributed by atoms with Crippen molar-refractivity contribution in [2.75, 3.05) is 12.3 Å². The number of fused-ring (bicyclic) bond motifs is 1. The molecule has 0 amide bonds. The molecule has 1 saturated heterocycles. The van der Waals surface area contributed by atoms with Gasteiger partial charge in [-0.15, -0.1) is 0 Å². The summed E-state index contributed by atoms with van der Waals surface area (Å²) in [4.78, 5) is 28.1. The summed E-state index contributed by atoms with van der Waals surface area (Å²) in [5.74, 6) is -0.235. The summed E-state index contributed by atoms with van der Waals surface area (Å²) in [6.07, 6.45) is 2.76. The Bertz CT molecular complexity index is 1630. The highest BCUT2D eigenvalue weighted by Gasteiger charge is 2.44. The molecule has 1 unspecified atom stereocenters. The van der Waals surface area contributed by atoms with Crippen molar-refractivity contribution < 1.29 is 27.9 Å². The van der Waals surface area contributed by atoms with Crippen LogP contribution in [0.2, 0.25) is 0 Å². The van der Waals surface area contributed by atoms with Gasteiger partial charge >= 0.3 is 13.7 Å². The van der Waals surface area contributed by atoms with E-state index in [-0.39, 0.29) is 24.6 Å². The van der Waals surface area contributed by atoms with E-state index in [0.717, 1.165) is 5.56 Å². The molecule has 42 heavy (non-hydrogen) atoms. The molecule has 0 bridgehead atoms. The van der Waals surface area contributed by atoms with Gasteiger partial charge in [0.15, 0.2) is 17.2 Å². The minimum Gasteiger partial charge on any atom is -0.460 e. The third-order valence-electron chi connectivity index (χ3n) is 6.42. The number of anilines is 1. The predicted molar refractivity (Wildman–Crippen MR) is 150 cm³/mol. The summed E-state index contributed by atoms with van der Waals surface area (Å²) in [6, 6.07) is 16.4. The number of nitrogen functional groups attached to an aromatic ring is 1. The Labute approximate surface area is 240 Å².